The fourth-order valence-corrected chi connectivity index (χ4v) is 2.30. The van der Waals surface area contributed by atoms with Crippen molar-refractivity contribution in [3.63, 3.8) is 0 Å². The van der Waals surface area contributed by atoms with E-state index in [4.69, 9.17) is 16.3 Å². The number of amides is 1. The topological polar surface area (TPSA) is 38.3 Å². The zero-order valence-electron chi connectivity index (χ0n) is 13.2. The highest BCUT2D eigenvalue weighted by molar-refractivity contribution is 6.31. The molecular weight excluding hydrogens is 355 g/mol. The summed E-state index contributed by atoms with van der Waals surface area (Å²) in [6, 6.07) is 10.3. The predicted octanol–water partition coefficient (Wildman–Crippen LogP) is 5.41. The van der Waals surface area contributed by atoms with E-state index in [1.165, 1.54) is 18.2 Å². The summed E-state index contributed by atoms with van der Waals surface area (Å²) in [6.07, 6.45) is -1.84. The average Bonchev–Trinajstić information content (AvgIpc) is 2.55. The third kappa shape index (κ3) is 5.26. The van der Waals surface area contributed by atoms with Crippen LogP contribution in [0.5, 0.6) is 5.75 Å². The van der Waals surface area contributed by atoms with Gasteiger partial charge in [-0.2, -0.15) is 13.2 Å². The number of halogens is 4. The highest BCUT2D eigenvalue weighted by Crippen LogP contribution is 2.36. The van der Waals surface area contributed by atoms with Crippen molar-refractivity contribution >= 4 is 29.3 Å². The van der Waals surface area contributed by atoms with Crippen LogP contribution in [0.2, 0.25) is 5.02 Å². The number of ether oxygens (including phenoxy) is 1. The van der Waals surface area contributed by atoms with Gasteiger partial charge in [-0.3, -0.25) is 4.79 Å². The lowest BCUT2D eigenvalue weighted by atomic mass is 10.1. The number of para-hydroxylation sites is 1. The summed E-state index contributed by atoms with van der Waals surface area (Å²) in [5.41, 5.74) is -0.311. The Kier molecular flexibility index (Phi) is 6.09. The molecule has 0 fully saturated rings. The third-order valence-corrected chi connectivity index (χ3v) is 3.50. The Labute approximate surface area is 148 Å². The van der Waals surface area contributed by atoms with Gasteiger partial charge in [0.1, 0.15) is 5.75 Å². The number of carbonyl (C=O) groups is 1. The second kappa shape index (κ2) is 8.07. The SMILES string of the molecule is CCOc1ccccc1/C=C/C(=O)Nc1ccc(Cl)c(C(F)(F)F)c1. The van der Waals surface area contributed by atoms with Gasteiger partial charge in [0.15, 0.2) is 0 Å². The predicted molar refractivity (Wildman–Crippen MR) is 91.7 cm³/mol. The summed E-state index contributed by atoms with van der Waals surface area (Å²) < 4.78 is 43.9. The fourth-order valence-electron chi connectivity index (χ4n) is 2.07. The average molecular weight is 370 g/mol. The van der Waals surface area contributed by atoms with Gasteiger partial charge >= 0.3 is 6.18 Å². The van der Waals surface area contributed by atoms with Gasteiger partial charge in [-0.1, -0.05) is 29.8 Å². The summed E-state index contributed by atoms with van der Waals surface area (Å²) in [6.45, 7) is 2.31. The molecule has 0 radical (unpaired) electrons. The zero-order chi connectivity index (χ0) is 18.4. The Morgan fingerprint density at radius 2 is 1.96 bits per heavy atom. The van der Waals surface area contributed by atoms with E-state index in [1.807, 2.05) is 6.92 Å². The maximum absolute atomic E-state index is 12.8. The first-order chi connectivity index (χ1) is 11.8. The van der Waals surface area contributed by atoms with Crippen molar-refractivity contribution in [1.82, 2.24) is 0 Å². The van der Waals surface area contributed by atoms with E-state index in [2.05, 4.69) is 5.32 Å². The second-order valence-corrected chi connectivity index (χ2v) is 5.39. The van der Waals surface area contributed by atoms with Gasteiger partial charge in [-0.25, -0.2) is 0 Å². The number of alkyl halides is 3. The minimum absolute atomic E-state index is 0.00414. The van der Waals surface area contributed by atoms with E-state index in [0.29, 0.717) is 17.9 Å². The molecule has 0 heterocycles. The zero-order valence-corrected chi connectivity index (χ0v) is 14.0. The van der Waals surface area contributed by atoms with Crippen LogP contribution in [0.4, 0.5) is 18.9 Å². The Balaban J connectivity index is 2.13. The minimum atomic E-state index is -4.59. The van der Waals surface area contributed by atoms with Crippen LogP contribution in [0.1, 0.15) is 18.1 Å². The van der Waals surface area contributed by atoms with Crippen LogP contribution in [0.3, 0.4) is 0 Å². The molecule has 0 atom stereocenters. The lowest BCUT2D eigenvalue weighted by Gasteiger charge is -2.11. The third-order valence-electron chi connectivity index (χ3n) is 3.17. The van der Waals surface area contributed by atoms with Crippen LogP contribution in [0.25, 0.3) is 6.08 Å². The van der Waals surface area contributed by atoms with Crippen LogP contribution in [-0.4, -0.2) is 12.5 Å². The van der Waals surface area contributed by atoms with E-state index < -0.39 is 22.7 Å². The van der Waals surface area contributed by atoms with Gasteiger partial charge in [0.05, 0.1) is 17.2 Å². The van der Waals surface area contributed by atoms with Gasteiger partial charge in [-0.05, 0) is 37.3 Å². The Bertz CT molecular complexity index is 788. The highest BCUT2D eigenvalue weighted by atomic mass is 35.5. The maximum atomic E-state index is 12.8. The molecule has 1 amide bonds. The van der Waals surface area contributed by atoms with Crippen molar-refractivity contribution in [2.24, 2.45) is 0 Å². The number of nitrogens with one attached hydrogen (secondary N) is 1. The normalized spacial score (nSPS) is 11.6. The van der Waals surface area contributed by atoms with E-state index in [9.17, 15) is 18.0 Å². The van der Waals surface area contributed by atoms with E-state index in [-0.39, 0.29) is 5.69 Å². The molecule has 0 aliphatic heterocycles. The summed E-state index contributed by atoms with van der Waals surface area (Å²) in [7, 11) is 0. The molecule has 1 N–H and O–H groups in total. The molecule has 2 aromatic carbocycles. The molecule has 0 saturated heterocycles. The number of anilines is 1. The van der Waals surface area contributed by atoms with Crippen molar-refractivity contribution in [2.45, 2.75) is 13.1 Å². The Morgan fingerprint density at radius 1 is 1.24 bits per heavy atom. The largest absolute Gasteiger partial charge is 0.493 e. The van der Waals surface area contributed by atoms with Crippen molar-refractivity contribution in [3.05, 3.63) is 64.7 Å². The van der Waals surface area contributed by atoms with Gasteiger partial charge in [0, 0.05) is 17.3 Å². The van der Waals surface area contributed by atoms with Crippen molar-refractivity contribution in [1.29, 1.82) is 0 Å². The van der Waals surface area contributed by atoms with Gasteiger partial charge in [0.2, 0.25) is 5.91 Å². The Hall–Kier alpha value is -2.47. The minimum Gasteiger partial charge on any atom is -0.493 e. The molecule has 132 valence electrons. The van der Waals surface area contributed by atoms with Crippen LogP contribution in [0, 0.1) is 0 Å². The smallest absolute Gasteiger partial charge is 0.417 e. The monoisotopic (exact) mass is 369 g/mol. The molecule has 0 bridgehead atoms. The lowest BCUT2D eigenvalue weighted by Crippen LogP contribution is -2.11. The van der Waals surface area contributed by atoms with Crippen LogP contribution >= 0.6 is 11.6 Å². The lowest BCUT2D eigenvalue weighted by molar-refractivity contribution is -0.137. The molecule has 3 nitrogen and oxygen atoms in total. The number of benzene rings is 2. The van der Waals surface area contributed by atoms with E-state index in [1.54, 1.807) is 24.3 Å². The summed E-state index contributed by atoms with van der Waals surface area (Å²) in [5.74, 6) is 0.0432. The first-order valence-corrected chi connectivity index (χ1v) is 7.76. The molecule has 0 aliphatic rings. The van der Waals surface area contributed by atoms with Crippen molar-refractivity contribution in [3.8, 4) is 5.75 Å². The number of hydrogen-bond donors (Lipinski definition) is 1. The van der Waals surface area contributed by atoms with Gasteiger partial charge in [-0.15, -0.1) is 0 Å². The number of carbonyl (C=O) groups excluding carboxylic acids is 1. The summed E-state index contributed by atoms with van der Waals surface area (Å²) in [5, 5.41) is 1.95. The Morgan fingerprint density at radius 3 is 2.64 bits per heavy atom. The molecule has 25 heavy (non-hydrogen) atoms. The van der Waals surface area contributed by atoms with Crippen LogP contribution < -0.4 is 10.1 Å². The number of hydrogen-bond acceptors (Lipinski definition) is 2. The molecule has 0 aromatic heterocycles. The standard InChI is InChI=1S/C18H15ClF3NO2/c1-2-25-16-6-4-3-5-12(16)7-10-17(24)23-13-8-9-15(19)14(11-13)18(20,21)22/h3-11H,2H2,1H3,(H,23,24)/b10-7+. The molecule has 7 heteroatoms. The molecule has 0 aliphatic carbocycles. The van der Waals surface area contributed by atoms with E-state index in [0.717, 1.165) is 12.1 Å². The second-order valence-electron chi connectivity index (χ2n) is 4.99. The first kappa shape index (κ1) is 18.9. The van der Waals surface area contributed by atoms with Crippen molar-refractivity contribution < 1.29 is 22.7 Å². The van der Waals surface area contributed by atoms with Crippen LogP contribution in [-0.2, 0) is 11.0 Å². The quantitative estimate of drug-likeness (QED) is 0.716. The highest BCUT2D eigenvalue weighted by Gasteiger charge is 2.33. The van der Waals surface area contributed by atoms with E-state index >= 15 is 0 Å². The summed E-state index contributed by atoms with van der Waals surface area (Å²) in [4.78, 5) is 11.9. The van der Waals surface area contributed by atoms with Crippen molar-refractivity contribution in [2.75, 3.05) is 11.9 Å². The molecule has 0 spiro atoms. The molecule has 0 saturated carbocycles. The van der Waals surface area contributed by atoms with Crippen LogP contribution in [0.15, 0.2) is 48.5 Å². The first-order valence-electron chi connectivity index (χ1n) is 7.39. The van der Waals surface area contributed by atoms with Gasteiger partial charge < -0.3 is 10.1 Å². The number of rotatable bonds is 5. The fraction of sp³-hybridized carbons (Fsp3) is 0.167. The van der Waals surface area contributed by atoms with Gasteiger partial charge in [0.25, 0.3) is 0 Å². The summed E-state index contributed by atoms with van der Waals surface area (Å²) >= 11 is 5.55. The maximum Gasteiger partial charge on any atom is 0.417 e. The molecule has 2 aromatic rings. The molecule has 2 rings (SSSR count). The molecular formula is C18H15ClF3NO2. The molecule has 0 unspecified atom stereocenters.